The van der Waals surface area contributed by atoms with Crippen LogP contribution in [0.15, 0.2) is 65.8 Å². The smallest absolute Gasteiger partial charge is 0.345 e. The molecule has 0 radical (unpaired) electrons. The van der Waals surface area contributed by atoms with Crippen LogP contribution in [0, 0.1) is 0 Å². The minimum absolute atomic E-state index is 0.156. The first-order valence-corrected chi connectivity index (χ1v) is 9.38. The van der Waals surface area contributed by atoms with Crippen LogP contribution in [-0.2, 0) is 16.0 Å². The maximum atomic E-state index is 12.7. The molecule has 8 heteroatoms. The molecule has 8 nitrogen and oxygen atoms in total. The minimum Gasteiger partial charge on any atom is -0.462 e. The summed E-state index contributed by atoms with van der Waals surface area (Å²) in [6.07, 6.45) is 2.77. The zero-order valence-corrected chi connectivity index (χ0v) is 16.2. The summed E-state index contributed by atoms with van der Waals surface area (Å²) in [5.74, 6) is -0.894. The zero-order valence-electron chi connectivity index (χ0n) is 16.2. The SMILES string of the molecule is CCOC(=O)c1cnc2c3cc(NC(=O)Cc4ccccc4)ccc3ncn2c1=O. The van der Waals surface area contributed by atoms with Gasteiger partial charge in [0.15, 0.2) is 0 Å². The molecule has 0 saturated carbocycles. The molecule has 0 bridgehead atoms. The van der Waals surface area contributed by atoms with Gasteiger partial charge in [-0.05, 0) is 30.7 Å². The largest absolute Gasteiger partial charge is 0.462 e. The number of aromatic nitrogens is 3. The fourth-order valence-electron chi connectivity index (χ4n) is 3.14. The highest BCUT2D eigenvalue weighted by atomic mass is 16.5. The second kappa shape index (κ2) is 8.12. The molecule has 0 fully saturated rings. The van der Waals surface area contributed by atoms with E-state index in [4.69, 9.17) is 4.74 Å². The van der Waals surface area contributed by atoms with Crippen molar-refractivity contribution in [2.24, 2.45) is 0 Å². The van der Waals surface area contributed by atoms with Gasteiger partial charge < -0.3 is 10.1 Å². The maximum Gasteiger partial charge on any atom is 0.345 e. The molecule has 1 amide bonds. The molecule has 30 heavy (non-hydrogen) atoms. The first kappa shape index (κ1) is 19.3. The molecule has 0 saturated heterocycles. The van der Waals surface area contributed by atoms with Crippen LogP contribution in [0.2, 0.25) is 0 Å². The lowest BCUT2D eigenvalue weighted by atomic mass is 10.1. The van der Waals surface area contributed by atoms with E-state index >= 15 is 0 Å². The van der Waals surface area contributed by atoms with Crippen LogP contribution in [0.5, 0.6) is 0 Å². The number of carbonyl (C=O) groups is 2. The Morgan fingerprint density at radius 1 is 1.10 bits per heavy atom. The summed E-state index contributed by atoms with van der Waals surface area (Å²) in [6, 6.07) is 14.6. The van der Waals surface area contributed by atoms with Gasteiger partial charge in [-0.1, -0.05) is 30.3 Å². The average Bonchev–Trinajstić information content (AvgIpc) is 2.74. The van der Waals surface area contributed by atoms with Crippen molar-refractivity contribution in [1.29, 1.82) is 0 Å². The first-order chi connectivity index (χ1) is 14.6. The summed E-state index contributed by atoms with van der Waals surface area (Å²) in [5.41, 5.74) is 1.67. The fourth-order valence-corrected chi connectivity index (χ4v) is 3.14. The second-order valence-electron chi connectivity index (χ2n) is 6.58. The number of nitrogens with zero attached hydrogens (tertiary/aromatic N) is 3. The minimum atomic E-state index is -0.730. The number of carbonyl (C=O) groups excluding carboxylic acids is 2. The number of rotatable bonds is 5. The lowest BCUT2D eigenvalue weighted by Gasteiger charge is -2.09. The van der Waals surface area contributed by atoms with Gasteiger partial charge in [0.05, 0.1) is 18.5 Å². The number of fused-ring (bicyclic) bond motifs is 3. The molecule has 2 aromatic heterocycles. The highest BCUT2D eigenvalue weighted by molar-refractivity contribution is 5.98. The number of hydrogen-bond donors (Lipinski definition) is 1. The Labute approximate surface area is 171 Å². The average molecular weight is 402 g/mol. The van der Waals surface area contributed by atoms with Crippen LogP contribution >= 0.6 is 0 Å². The number of esters is 1. The topological polar surface area (TPSA) is 103 Å². The second-order valence-corrected chi connectivity index (χ2v) is 6.58. The van der Waals surface area contributed by atoms with Gasteiger partial charge in [0, 0.05) is 17.3 Å². The van der Waals surface area contributed by atoms with Crippen LogP contribution in [-0.4, -0.2) is 32.9 Å². The normalized spacial score (nSPS) is 10.8. The maximum absolute atomic E-state index is 12.7. The zero-order chi connectivity index (χ0) is 21.1. The van der Waals surface area contributed by atoms with Crippen molar-refractivity contribution in [2.45, 2.75) is 13.3 Å². The summed E-state index contributed by atoms with van der Waals surface area (Å²) in [4.78, 5) is 45.5. The third kappa shape index (κ3) is 3.75. The standard InChI is InChI=1S/C22H18N4O4/c1-2-30-22(29)17-12-23-20-16-11-15(8-9-18(16)24-13-26(20)21(17)28)25-19(27)10-14-6-4-3-5-7-14/h3-9,11-13H,2,10H2,1H3,(H,25,27). The van der Waals surface area contributed by atoms with Crippen molar-refractivity contribution in [2.75, 3.05) is 11.9 Å². The molecule has 150 valence electrons. The molecular formula is C22H18N4O4. The van der Waals surface area contributed by atoms with Crippen LogP contribution in [0.3, 0.4) is 0 Å². The summed E-state index contributed by atoms with van der Waals surface area (Å²) >= 11 is 0. The van der Waals surface area contributed by atoms with Crippen LogP contribution in [0.25, 0.3) is 16.6 Å². The summed E-state index contributed by atoms with van der Waals surface area (Å²) < 4.78 is 6.10. The van der Waals surface area contributed by atoms with Gasteiger partial charge in [0.25, 0.3) is 5.56 Å². The molecule has 0 atom stereocenters. The van der Waals surface area contributed by atoms with Crippen molar-refractivity contribution in [3.8, 4) is 0 Å². The van der Waals surface area contributed by atoms with Gasteiger partial charge in [0.1, 0.15) is 17.5 Å². The number of ether oxygens (including phenoxy) is 1. The lowest BCUT2D eigenvalue weighted by Crippen LogP contribution is -2.24. The van der Waals surface area contributed by atoms with Gasteiger partial charge in [-0.25, -0.2) is 19.2 Å². The highest BCUT2D eigenvalue weighted by Crippen LogP contribution is 2.20. The fraction of sp³-hybridized carbons (Fsp3) is 0.136. The summed E-state index contributed by atoms with van der Waals surface area (Å²) in [5, 5.41) is 3.42. The van der Waals surface area contributed by atoms with E-state index in [0.29, 0.717) is 22.2 Å². The first-order valence-electron chi connectivity index (χ1n) is 9.38. The van der Waals surface area contributed by atoms with E-state index in [9.17, 15) is 14.4 Å². The Morgan fingerprint density at radius 3 is 2.67 bits per heavy atom. The molecule has 0 aliphatic carbocycles. The summed E-state index contributed by atoms with van der Waals surface area (Å²) in [7, 11) is 0. The number of benzene rings is 2. The number of anilines is 1. The van der Waals surface area contributed by atoms with Crippen molar-refractivity contribution in [1.82, 2.24) is 14.4 Å². The molecule has 0 aliphatic rings. The Balaban J connectivity index is 1.69. The van der Waals surface area contributed by atoms with E-state index in [0.717, 1.165) is 5.56 Å². The van der Waals surface area contributed by atoms with E-state index in [-0.39, 0.29) is 24.5 Å². The Bertz CT molecular complexity index is 1320. The Hall–Kier alpha value is -4.07. The third-order valence-corrected chi connectivity index (χ3v) is 4.53. The van der Waals surface area contributed by atoms with Gasteiger partial charge in [-0.15, -0.1) is 0 Å². The van der Waals surface area contributed by atoms with Crippen LogP contribution < -0.4 is 10.9 Å². The molecule has 4 rings (SSSR count). The molecular weight excluding hydrogens is 384 g/mol. The predicted molar refractivity (Wildman–Crippen MR) is 111 cm³/mol. The third-order valence-electron chi connectivity index (χ3n) is 4.53. The monoisotopic (exact) mass is 402 g/mol. The van der Waals surface area contributed by atoms with E-state index < -0.39 is 11.5 Å². The number of nitrogens with one attached hydrogen (secondary N) is 1. The number of hydrogen-bond acceptors (Lipinski definition) is 6. The van der Waals surface area contributed by atoms with E-state index in [2.05, 4.69) is 15.3 Å². The quantitative estimate of drug-likeness (QED) is 0.407. The molecule has 2 heterocycles. The van der Waals surface area contributed by atoms with Crippen LogP contribution in [0.4, 0.5) is 5.69 Å². The summed E-state index contributed by atoms with van der Waals surface area (Å²) in [6.45, 7) is 1.82. The highest BCUT2D eigenvalue weighted by Gasteiger charge is 2.16. The van der Waals surface area contributed by atoms with Crippen molar-refractivity contribution in [3.63, 3.8) is 0 Å². The predicted octanol–water partition coefficient (Wildman–Crippen LogP) is 2.60. The van der Waals surface area contributed by atoms with E-state index in [1.165, 1.54) is 16.9 Å². The molecule has 2 aromatic carbocycles. The van der Waals surface area contributed by atoms with Crippen LogP contribution in [0.1, 0.15) is 22.8 Å². The van der Waals surface area contributed by atoms with Gasteiger partial charge in [0.2, 0.25) is 5.91 Å². The van der Waals surface area contributed by atoms with Gasteiger partial charge >= 0.3 is 5.97 Å². The lowest BCUT2D eigenvalue weighted by molar-refractivity contribution is -0.115. The van der Waals surface area contributed by atoms with Crippen molar-refractivity contribution < 1.29 is 14.3 Å². The number of amides is 1. The molecule has 0 unspecified atom stereocenters. The molecule has 0 aliphatic heterocycles. The Morgan fingerprint density at radius 2 is 1.90 bits per heavy atom. The molecule has 1 N–H and O–H groups in total. The van der Waals surface area contributed by atoms with E-state index in [1.54, 1.807) is 25.1 Å². The molecule has 4 aromatic rings. The van der Waals surface area contributed by atoms with E-state index in [1.807, 2.05) is 30.3 Å². The molecule has 0 spiro atoms. The van der Waals surface area contributed by atoms with Gasteiger partial charge in [-0.2, -0.15) is 0 Å². The van der Waals surface area contributed by atoms with Crippen molar-refractivity contribution >= 4 is 34.1 Å². The van der Waals surface area contributed by atoms with Crippen molar-refractivity contribution in [3.05, 3.63) is 82.5 Å². The van der Waals surface area contributed by atoms with Gasteiger partial charge in [-0.3, -0.25) is 9.59 Å². The Kier molecular flexibility index (Phi) is 5.21.